The van der Waals surface area contributed by atoms with E-state index in [1.807, 2.05) is 37.3 Å². The highest BCUT2D eigenvalue weighted by atomic mass is 28.4. The number of halogens is 3. The van der Waals surface area contributed by atoms with Crippen molar-refractivity contribution in [1.29, 1.82) is 0 Å². The fourth-order valence-electron chi connectivity index (χ4n) is 2.36. The van der Waals surface area contributed by atoms with Crippen LogP contribution in [0.15, 0.2) is 54.6 Å². The molecule has 0 N–H and O–H groups in total. The molecule has 0 aliphatic carbocycles. The minimum absolute atomic E-state index is 0.246. The fraction of sp³-hybridized carbons (Fsp3) is 0.294. The molecule has 22 heavy (non-hydrogen) atoms. The Morgan fingerprint density at radius 3 is 1.95 bits per heavy atom. The van der Waals surface area contributed by atoms with E-state index in [1.54, 1.807) is 0 Å². The molecule has 2 rings (SSSR count). The van der Waals surface area contributed by atoms with Gasteiger partial charge in [0, 0.05) is 0 Å². The molecule has 0 fully saturated rings. The van der Waals surface area contributed by atoms with Crippen LogP contribution in [0.1, 0.15) is 24.2 Å². The third kappa shape index (κ3) is 3.99. The van der Waals surface area contributed by atoms with Crippen molar-refractivity contribution in [2.75, 3.05) is 0 Å². The Balaban J connectivity index is 2.13. The number of alkyl halides is 3. The van der Waals surface area contributed by atoms with E-state index in [0.29, 0.717) is 0 Å². The molecule has 0 saturated heterocycles. The van der Waals surface area contributed by atoms with Crippen molar-refractivity contribution < 1.29 is 17.6 Å². The molecule has 1 nitrogen and oxygen atoms in total. The zero-order valence-electron chi connectivity index (χ0n) is 12.8. The van der Waals surface area contributed by atoms with Gasteiger partial charge in [0.25, 0.3) is 0 Å². The van der Waals surface area contributed by atoms with E-state index >= 15 is 0 Å². The lowest BCUT2D eigenvalue weighted by atomic mass is 10.1. The first-order valence-electron chi connectivity index (χ1n) is 7.10. The summed E-state index contributed by atoms with van der Waals surface area (Å²) in [5.74, 6) is 0. The van der Waals surface area contributed by atoms with Crippen molar-refractivity contribution in [3.8, 4) is 0 Å². The minimum Gasteiger partial charge on any atom is -0.406 e. The van der Waals surface area contributed by atoms with Crippen LogP contribution in [0.2, 0.25) is 13.1 Å². The van der Waals surface area contributed by atoms with E-state index in [2.05, 4.69) is 13.1 Å². The molecule has 118 valence electrons. The van der Waals surface area contributed by atoms with Crippen LogP contribution >= 0.6 is 0 Å². The first kappa shape index (κ1) is 16.8. The van der Waals surface area contributed by atoms with Crippen LogP contribution in [0, 0.1) is 0 Å². The summed E-state index contributed by atoms with van der Waals surface area (Å²) in [5, 5.41) is 1.16. The fourth-order valence-corrected chi connectivity index (χ4v) is 4.51. The number of hydrogen-bond donors (Lipinski definition) is 0. The van der Waals surface area contributed by atoms with Crippen molar-refractivity contribution in [3.63, 3.8) is 0 Å². The molecule has 1 unspecified atom stereocenters. The largest absolute Gasteiger partial charge is 0.416 e. The van der Waals surface area contributed by atoms with Gasteiger partial charge in [-0.1, -0.05) is 42.5 Å². The Labute approximate surface area is 129 Å². The summed E-state index contributed by atoms with van der Waals surface area (Å²) in [4.78, 5) is 0. The minimum atomic E-state index is -4.30. The van der Waals surface area contributed by atoms with E-state index < -0.39 is 20.1 Å². The molecule has 1 atom stereocenters. The van der Waals surface area contributed by atoms with Crippen molar-refractivity contribution in [2.45, 2.75) is 32.3 Å². The lowest BCUT2D eigenvalue weighted by Crippen LogP contribution is -2.45. The molecule has 0 bridgehead atoms. The van der Waals surface area contributed by atoms with Crippen molar-refractivity contribution in [3.05, 3.63) is 65.7 Å². The van der Waals surface area contributed by atoms with Gasteiger partial charge in [0.1, 0.15) is 0 Å². The molecule has 0 aromatic heterocycles. The number of hydrogen-bond acceptors (Lipinski definition) is 1. The molecule has 2 aromatic carbocycles. The van der Waals surface area contributed by atoms with Gasteiger partial charge in [-0.05, 0) is 42.9 Å². The van der Waals surface area contributed by atoms with Crippen LogP contribution in [-0.4, -0.2) is 8.32 Å². The normalized spacial score (nSPS) is 13.9. The van der Waals surface area contributed by atoms with Gasteiger partial charge in [0.2, 0.25) is 8.32 Å². The van der Waals surface area contributed by atoms with Crippen LogP contribution in [-0.2, 0) is 10.6 Å². The van der Waals surface area contributed by atoms with Crippen molar-refractivity contribution >= 4 is 13.5 Å². The molecule has 0 amide bonds. The van der Waals surface area contributed by atoms with Gasteiger partial charge in [0.05, 0.1) is 11.7 Å². The quantitative estimate of drug-likeness (QED) is 0.727. The van der Waals surface area contributed by atoms with Gasteiger partial charge in [-0.15, -0.1) is 0 Å². The highest BCUT2D eigenvalue weighted by Crippen LogP contribution is 2.30. The summed E-state index contributed by atoms with van der Waals surface area (Å²) in [6, 6.07) is 15.1. The van der Waals surface area contributed by atoms with E-state index in [-0.39, 0.29) is 6.10 Å². The van der Waals surface area contributed by atoms with Crippen LogP contribution in [0.25, 0.3) is 0 Å². The van der Waals surface area contributed by atoms with Gasteiger partial charge < -0.3 is 4.43 Å². The lowest BCUT2D eigenvalue weighted by molar-refractivity contribution is -0.137. The highest BCUT2D eigenvalue weighted by Gasteiger charge is 2.31. The molecule has 0 aliphatic heterocycles. The third-order valence-electron chi connectivity index (χ3n) is 3.65. The predicted molar refractivity (Wildman–Crippen MR) is 84.5 cm³/mol. The molecule has 0 spiro atoms. The van der Waals surface area contributed by atoms with Crippen molar-refractivity contribution in [2.24, 2.45) is 0 Å². The molecule has 0 aliphatic rings. The molecule has 0 heterocycles. The first-order valence-corrected chi connectivity index (χ1v) is 10.0. The Bertz CT molecular complexity index is 606. The van der Waals surface area contributed by atoms with E-state index in [4.69, 9.17) is 4.43 Å². The second-order valence-corrected chi connectivity index (χ2v) is 9.59. The monoisotopic (exact) mass is 324 g/mol. The molecule has 0 radical (unpaired) electrons. The summed E-state index contributed by atoms with van der Waals surface area (Å²) in [5.41, 5.74) is 0.118. The molecule has 5 heteroatoms. The van der Waals surface area contributed by atoms with Gasteiger partial charge in [-0.25, -0.2) is 0 Å². The van der Waals surface area contributed by atoms with Crippen molar-refractivity contribution in [1.82, 2.24) is 0 Å². The average Bonchev–Trinajstić information content (AvgIpc) is 2.47. The van der Waals surface area contributed by atoms with Crippen LogP contribution in [0.4, 0.5) is 13.2 Å². The predicted octanol–water partition coefficient (Wildman–Crippen LogP) is 4.90. The molecule has 0 saturated carbocycles. The smallest absolute Gasteiger partial charge is 0.406 e. The summed E-state index contributed by atoms with van der Waals surface area (Å²) < 4.78 is 44.0. The van der Waals surface area contributed by atoms with Gasteiger partial charge >= 0.3 is 6.18 Å². The third-order valence-corrected chi connectivity index (χ3v) is 6.31. The zero-order chi connectivity index (χ0) is 16.4. The maximum absolute atomic E-state index is 12.6. The Morgan fingerprint density at radius 1 is 0.909 bits per heavy atom. The second-order valence-electron chi connectivity index (χ2n) is 5.76. The Morgan fingerprint density at radius 2 is 1.45 bits per heavy atom. The average molecular weight is 324 g/mol. The number of benzene rings is 2. The van der Waals surface area contributed by atoms with Gasteiger partial charge in [0.15, 0.2) is 0 Å². The van der Waals surface area contributed by atoms with Crippen LogP contribution in [0.3, 0.4) is 0 Å². The van der Waals surface area contributed by atoms with Gasteiger partial charge in [-0.2, -0.15) is 13.2 Å². The van der Waals surface area contributed by atoms with E-state index in [1.165, 1.54) is 12.1 Å². The SMILES string of the molecule is CC(O[Si](C)(C)c1ccccc1)c1ccc(C(F)(F)F)cc1. The first-order chi connectivity index (χ1) is 10.2. The summed E-state index contributed by atoms with van der Waals surface area (Å²) in [6.45, 7) is 6.05. The molecule has 2 aromatic rings. The lowest BCUT2D eigenvalue weighted by Gasteiger charge is -2.28. The summed E-state index contributed by atoms with van der Waals surface area (Å²) in [6.07, 6.45) is -4.55. The topological polar surface area (TPSA) is 9.23 Å². The zero-order valence-corrected chi connectivity index (χ0v) is 13.8. The maximum Gasteiger partial charge on any atom is 0.416 e. The molecular formula is C17H19F3OSi. The highest BCUT2D eigenvalue weighted by molar-refractivity contribution is 6.84. The standard InChI is InChI=1S/C17H19F3OSi/c1-13(14-9-11-15(12-10-14)17(18,19)20)21-22(2,3)16-7-5-4-6-8-16/h4-13H,1-3H3. The second kappa shape index (κ2) is 6.26. The van der Waals surface area contributed by atoms with E-state index in [0.717, 1.165) is 22.9 Å². The Hall–Kier alpha value is -1.59. The van der Waals surface area contributed by atoms with Gasteiger partial charge in [-0.3, -0.25) is 0 Å². The summed E-state index contributed by atoms with van der Waals surface area (Å²) in [7, 11) is -2.10. The maximum atomic E-state index is 12.6. The van der Waals surface area contributed by atoms with E-state index in [9.17, 15) is 13.2 Å². The Kier molecular flexibility index (Phi) is 4.77. The van der Waals surface area contributed by atoms with Crippen LogP contribution < -0.4 is 5.19 Å². The number of rotatable bonds is 4. The summed E-state index contributed by atoms with van der Waals surface area (Å²) >= 11 is 0. The molecular weight excluding hydrogens is 305 g/mol. The van der Waals surface area contributed by atoms with Crippen LogP contribution in [0.5, 0.6) is 0 Å².